The van der Waals surface area contributed by atoms with E-state index in [0.717, 1.165) is 44.8 Å². The average molecular weight is 719 g/mol. The second kappa shape index (κ2) is 17.2. The van der Waals surface area contributed by atoms with Crippen LogP contribution in [-0.2, 0) is 29.2 Å². The zero-order valence-electron chi connectivity index (χ0n) is 30.7. The van der Waals surface area contributed by atoms with E-state index in [1.807, 2.05) is 27.7 Å². The van der Waals surface area contributed by atoms with Crippen molar-refractivity contribution in [1.82, 2.24) is 30.5 Å². The van der Waals surface area contributed by atoms with E-state index in [-0.39, 0.29) is 43.7 Å². The minimum Gasteiger partial charge on any atom is -0.346 e. The Morgan fingerprint density at radius 3 is 2.30 bits per heavy atom. The van der Waals surface area contributed by atoms with E-state index < -0.39 is 68.6 Å². The molecule has 0 aromatic rings. The van der Waals surface area contributed by atoms with Crippen LogP contribution in [0.5, 0.6) is 0 Å². The van der Waals surface area contributed by atoms with Gasteiger partial charge in [-0.25, -0.2) is 17.5 Å². The van der Waals surface area contributed by atoms with Crippen LogP contribution in [0.2, 0.25) is 0 Å². The first-order valence-corrected chi connectivity index (χ1v) is 19.6. The highest BCUT2D eigenvalue weighted by Crippen LogP contribution is 2.45. The van der Waals surface area contributed by atoms with E-state index in [2.05, 4.69) is 33.8 Å². The highest BCUT2D eigenvalue weighted by atomic mass is 32.2. The Kier molecular flexibility index (Phi) is 14.1. The number of hydrogen-bond donors (Lipinski definition) is 4. The molecule has 1 unspecified atom stereocenters. The van der Waals surface area contributed by atoms with E-state index in [4.69, 9.17) is 6.42 Å². The van der Waals surface area contributed by atoms with Gasteiger partial charge in [0.05, 0.1) is 12.3 Å². The maximum atomic E-state index is 14.8. The summed E-state index contributed by atoms with van der Waals surface area (Å²) in [5.41, 5.74) is -1.11. The summed E-state index contributed by atoms with van der Waals surface area (Å²) in [6, 6.07) is -4.20. The number of carbonyl (C=O) groups is 5. The predicted molar refractivity (Wildman–Crippen MR) is 192 cm³/mol. The molecule has 1 aliphatic heterocycles. The minimum absolute atomic E-state index is 0.0362. The van der Waals surface area contributed by atoms with Gasteiger partial charge in [0, 0.05) is 39.1 Å². The molecule has 5 amide bonds. The molecular weight excluding hydrogens is 660 g/mol. The molecule has 0 radical (unpaired) electrons. The fourth-order valence-electron chi connectivity index (χ4n) is 7.64. The molecule has 1 saturated heterocycles. The van der Waals surface area contributed by atoms with Gasteiger partial charge in [0.1, 0.15) is 12.1 Å². The number of sulfonamides is 1. The van der Waals surface area contributed by atoms with Crippen LogP contribution >= 0.6 is 0 Å². The van der Waals surface area contributed by atoms with Crippen LogP contribution in [0.15, 0.2) is 12.7 Å². The minimum atomic E-state index is -3.51. The van der Waals surface area contributed by atoms with Gasteiger partial charge < -0.3 is 26.2 Å². The van der Waals surface area contributed by atoms with Crippen LogP contribution in [0.3, 0.4) is 0 Å². The van der Waals surface area contributed by atoms with E-state index in [1.54, 1.807) is 4.90 Å². The smallest absolute Gasteiger partial charge is 0.315 e. The number of amides is 5. The van der Waals surface area contributed by atoms with Crippen molar-refractivity contribution < 1.29 is 32.4 Å². The number of likely N-dealkylation sites (N-methyl/N-ethyl adjacent to an activating group) is 1. The summed E-state index contributed by atoms with van der Waals surface area (Å²) in [6.45, 7) is 11.7. The topological polar surface area (TPSA) is 174 Å². The molecule has 3 aliphatic rings. The molecule has 0 aromatic carbocycles. The first kappa shape index (κ1) is 41.0. The van der Waals surface area contributed by atoms with Crippen molar-refractivity contribution in [3.8, 4) is 12.3 Å². The van der Waals surface area contributed by atoms with Gasteiger partial charge in [-0.2, -0.15) is 0 Å². The molecular formula is C36H58N6O7S. The zero-order valence-corrected chi connectivity index (χ0v) is 31.5. The Morgan fingerprint density at radius 1 is 1.06 bits per heavy atom. The van der Waals surface area contributed by atoms with Crippen LogP contribution < -0.4 is 21.3 Å². The maximum Gasteiger partial charge on any atom is 0.315 e. The normalized spacial score (nSPS) is 23.5. The maximum absolute atomic E-state index is 14.8. The molecule has 3 fully saturated rings. The number of rotatable bonds is 15. The van der Waals surface area contributed by atoms with Crippen LogP contribution in [0, 0.1) is 35.0 Å². The Bertz CT molecular complexity index is 1430. The predicted octanol–water partition coefficient (Wildman–Crippen LogP) is 2.33. The Morgan fingerprint density at radius 2 is 1.72 bits per heavy atom. The van der Waals surface area contributed by atoms with Crippen molar-refractivity contribution in [2.75, 3.05) is 32.9 Å². The summed E-state index contributed by atoms with van der Waals surface area (Å²) in [6.07, 6.45) is 14.9. The van der Waals surface area contributed by atoms with Gasteiger partial charge in [0.2, 0.25) is 27.6 Å². The van der Waals surface area contributed by atoms with E-state index in [9.17, 15) is 32.4 Å². The lowest BCUT2D eigenvalue weighted by molar-refractivity contribution is -0.145. The van der Waals surface area contributed by atoms with Gasteiger partial charge in [0.15, 0.2) is 0 Å². The second-order valence-electron chi connectivity index (χ2n) is 15.7. The molecule has 0 bridgehead atoms. The van der Waals surface area contributed by atoms with Crippen LogP contribution in [0.4, 0.5) is 4.79 Å². The molecule has 280 valence electrons. The molecule has 3 rings (SSSR count). The number of ketones is 1. The monoisotopic (exact) mass is 718 g/mol. The lowest BCUT2D eigenvalue weighted by Crippen LogP contribution is -2.63. The Hall–Kier alpha value is -3.44. The van der Waals surface area contributed by atoms with Gasteiger partial charge in [-0.3, -0.25) is 19.2 Å². The van der Waals surface area contributed by atoms with Crippen molar-refractivity contribution in [2.45, 2.75) is 116 Å². The Labute approximate surface area is 298 Å². The summed E-state index contributed by atoms with van der Waals surface area (Å²) in [5.74, 6) is -0.165. The number of hydrogen-bond acceptors (Lipinski definition) is 7. The number of likely N-dealkylation sites (tertiary alicyclic amines) is 1. The first-order valence-electron chi connectivity index (χ1n) is 17.8. The average Bonchev–Trinajstić information content (AvgIpc) is 3.64. The highest BCUT2D eigenvalue weighted by Gasteiger charge is 2.53. The Balaban J connectivity index is 1.92. The first-order chi connectivity index (χ1) is 23.3. The molecule has 2 saturated carbocycles. The highest BCUT2D eigenvalue weighted by molar-refractivity contribution is 7.88. The van der Waals surface area contributed by atoms with Gasteiger partial charge in [-0.1, -0.05) is 59.5 Å². The SMILES string of the molecule is C#CCCC(NC(=O)[C@@H]1[C@H]2CCC[C@H]2CN1C(=O)[C@@H](NC(=O)N[C@H](CN(C)S(C)(=O)=O)C(C)(C)C)C1(C)CCCCC1)C(=O)C(=O)NCC=C. The number of terminal acetylenes is 1. The largest absolute Gasteiger partial charge is 0.346 e. The summed E-state index contributed by atoms with van der Waals surface area (Å²) < 4.78 is 25.6. The second-order valence-corrected chi connectivity index (χ2v) is 17.8. The number of fused-ring (bicyclic) bond motifs is 1. The fraction of sp³-hybridized carbons (Fsp3) is 0.750. The molecule has 2 aliphatic carbocycles. The molecule has 6 atom stereocenters. The van der Waals surface area contributed by atoms with Crippen molar-refractivity contribution in [1.29, 1.82) is 0 Å². The zero-order chi connectivity index (χ0) is 37.4. The van der Waals surface area contributed by atoms with E-state index in [0.29, 0.717) is 19.4 Å². The van der Waals surface area contributed by atoms with Gasteiger partial charge in [-0.05, 0) is 54.8 Å². The van der Waals surface area contributed by atoms with Crippen LogP contribution in [-0.4, -0.2) is 104 Å². The van der Waals surface area contributed by atoms with Crippen LogP contribution in [0.25, 0.3) is 0 Å². The summed E-state index contributed by atoms with van der Waals surface area (Å²) in [4.78, 5) is 70.0. The fourth-order valence-corrected chi connectivity index (χ4v) is 8.06. The third kappa shape index (κ3) is 10.3. The number of Topliss-reactive ketones (excluding diaryl/α,β-unsaturated/α-hetero) is 1. The van der Waals surface area contributed by atoms with Crippen LogP contribution in [0.1, 0.15) is 91.9 Å². The van der Waals surface area contributed by atoms with Crippen molar-refractivity contribution in [3.05, 3.63) is 12.7 Å². The third-order valence-electron chi connectivity index (χ3n) is 10.9. The molecule has 1 heterocycles. The number of nitrogens with zero attached hydrogens (tertiary/aromatic N) is 2. The van der Waals surface area contributed by atoms with Crippen molar-refractivity contribution >= 4 is 39.6 Å². The lowest BCUT2D eigenvalue weighted by atomic mass is 9.70. The number of nitrogens with one attached hydrogen (secondary N) is 4. The summed E-state index contributed by atoms with van der Waals surface area (Å²) in [7, 11) is -2.06. The van der Waals surface area contributed by atoms with Gasteiger partial charge >= 0.3 is 6.03 Å². The molecule has 4 N–H and O–H groups in total. The summed E-state index contributed by atoms with van der Waals surface area (Å²) >= 11 is 0. The molecule has 13 nitrogen and oxygen atoms in total. The molecule has 14 heteroatoms. The van der Waals surface area contributed by atoms with Gasteiger partial charge in [0.25, 0.3) is 5.91 Å². The van der Waals surface area contributed by atoms with E-state index >= 15 is 0 Å². The molecule has 0 spiro atoms. The summed E-state index contributed by atoms with van der Waals surface area (Å²) in [5, 5.41) is 11.2. The van der Waals surface area contributed by atoms with Gasteiger partial charge in [-0.15, -0.1) is 18.9 Å². The molecule has 0 aromatic heterocycles. The number of carbonyl (C=O) groups excluding carboxylic acids is 5. The quantitative estimate of drug-likeness (QED) is 0.114. The number of urea groups is 1. The van der Waals surface area contributed by atoms with Crippen molar-refractivity contribution in [2.24, 2.45) is 22.7 Å². The third-order valence-corrected chi connectivity index (χ3v) is 12.1. The molecule has 50 heavy (non-hydrogen) atoms. The van der Waals surface area contributed by atoms with E-state index in [1.165, 1.54) is 17.4 Å². The lowest BCUT2D eigenvalue weighted by Gasteiger charge is -2.43. The van der Waals surface area contributed by atoms with Crippen molar-refractivity contribution in [3.63, 3.8) is 0 Å². The standard InChI is InChI=1S/C36H58N6O7S/c1-9-11-18-26(29(43)32(45)37-21-10-2)38-31(44)28-25-17-15-16-24(25)22-42(28)33(46)30(36(6)19-13-12-14-20-36)40-34(47)39-27(35(3,4)5)23-41(7)50(8,48)49/h1,10,24-28,30H,2,11-23H2,3-8H3,(H,37,45)(H,38,44)(H2,39,40,47)/t24-,25-,26?,27+,28-,30+/m0/s1.